The van der Waals surface area contributed by atoms with Crippen molar-refractivity contribution in [1.29, 1.82) is 0 Å². The third-order valence-electron chi connectivity index (χ3n) is 10.9. The van der Waals surface area contributed by atoms with Gasteiger partial charge in [-0.05, 0) is 59.2 Å². The summed E-state index contributed by atoms with van der Waals surface area (Å²) in [6.07, 6.45) is 5.81. The smallest absolute Gasteiger partial charge is 0.234 e. The highest BCUT2D eigenvalue weighted by Gasteiger charge is 2.41. The fraction of sp³-hybridized carbons (Fsp3) is 0.0667. The molecule has 0 N–H and O–H groups in total. The Hall–Kier alpha value is -6.46. The van der Waals surface area contributed by atoms with Crippen molar-refractivity contribution in [2.45, 2.75) is 19.3 Å². The summed E-state index contributed by atoms with van der Waals surface area (Å²) in [4.78, 5) is 9.23. The van der Waals surface area contributed by atoms with Gasteiger partial charge in [0.2, 0.25) is 5.78 Å². The molecule has 0 atom stereocenters. The van der Waals surface area contributed by atoms with Crippen molar-refractivity contribution < 1.29 is 0 Å². The van der Waals surface area contributed by atoms with Gasteiger partial charge in [-0.2, -0.15) is 0 Å². The summed E-state index contributed by atoms with van der Waals surface area (Å²) in [7, 11) is 0. The quantitative estimate of drug-likeness (QED) is 0.193. The van der Waals surface area contributed by atoms with Crippen LogP contribution in [0.4, 0.5) is 0 Å². The lowest BCUT2D eigenvalue weighted by Crippen LogP contribution is -2.15. The van der Waals surface area contributed by atoms with Crippen LogP contribution in [0.1, 0.15) is 25.0 Å². The molecule has 5 nitrogen and oxygen atoms in total. The molecule has 4 heterocycles. The van der Waals surface area contributed by atoms with E-state index >= 15 is 0 Å². The summed E-state index contributed by atoms with van der Waals surface area (Å²) in [6, 6.07) is 48.6. The second kappa shape index (κ2) is 9.80. The van der Waals surface area contributed by atoms with Gasteiger partial charge < -0.3 is 9.13 Å². The largest absolute Gasteiger partial charge is 0.309 e. The first kappa shape index (κ1) is 27.5. The number of benzene rings is 6. The lowest BCUT2D eigenvalue weighted by molar-refractivity contribution is 0.667. The van der Waals surface area contributed by atoms with Crippen molar-refractivity contribution >= 4 is 49.4 Å². The normalized spacial score (nSPS) is 13.6. The Kier molecular flexibility index (Phi) is 5.39. The molecule has 0 saturated heterocycles. The summed E-state index contributed by atoms with van der Waals surface area (Å²) in [5.41, 5.74) is 14.4. The van der Waals surface area contributed by atoms with E-state index in [0.29, 0.717) is 5.78 Å². The summed E-state index contributed by atoms with van der Waals surface area (Å²) in [6.45, 7) is 4.81. The Morgan fingerprint density at radius 1 is 0.580 bits per heavy atom. The lowest BCUT2D eigenvalue weighted by atomic mass is 9.80. The van der Waals surface area contributed by atoms with E-state index in [1.807, 2.05) is 22.9 Å². The highest BCUT2D eigenvalue weighted by atomic mass is 15.1. The van der Waals surface area contributed by atoms with Gasteiger partial charge >= 0.3 is 0 Å². The molecular weight excluding hydrogens is 611 g/mol. The van der Waals surface area contributed by atoms with Crippen LogP contribution in [0.15, 0.2) is 152 Å². The second-order valence-electron chi connectivity index (χ2n) is 13.9. The number of aromatic nitrogens is 5. The molecule has 0 unspecified atom stereocenters. The van der Waals surface area contributed by atoms with E-state index in [9.17, 15) is 0 Å². The average molecular weight is 642 g/mol. The lowest BCUT2D eigenvalue weighted by Gasteiger charge is -2.23. The topological polar surface area (TPSA) is 40.1 Å². The zero-order valence-electron chi connectivity index (χ0n) is 27.7. The predicted octanol–water partition coefficient (Wildman–Crippen LogP) is 10.9. The first-order chi connectivity index (χ1) is 24.6. The number of nitrogens with zero attached hydrogens (tertiary/aromatic N) is 5. The maximum Gasteiger partial charge on any atom is 0.234 e. The zero-order chi connectivity index (χ0) is 33.1. The van der Waals surface area contributed by atoms with Crippen LogP contribution < -0.4 is 0 Å². The van der Waals surface area contributed by atoms with Crippen molar-refractivity contribution in [3.63, 3.8) is 0 Å². The molecule has 0 aliphatic heterocycles. The van der Waals surface area contributed by atoms with Gasteiger partial charge in [-0.3, -0.25) is 4.40 Å². The maximum atomic E-state index is 4.80. The van der Waals surface area contributed by atoms with E-state index < -0.39 is 0 Å². The van der Waals surface area contributed by atoms with E-state index in [1.54, 1.807) is 6.20 Å². The monoisotopic (exact) mass is 641 g/mol. The Balaban J connectivity index is 1.33. The van der Waals surface area contributed by atoms with Crippen LogP contribution in [-0.4, -0.2) is 23.5 Å². The van der Waals surface area contributed by atoms with Crippen LogP contribution in [0.3, 0.4) is 0 Å². The van der Waals surface area contributed by atoms with Crippen LogP contribution >= 0.6 is 0 Å². The number of hydrogen-bond acceptors (Lipinski definition) is 2. The van der Waals surface area contributed by atoms with Crippen molar-refractivity contribution in [3.05, 3.63) is 163 Å². The third kappa shape index (κ3) is 3.51. The molecule has 11 rings (SSSR count). The Labute approximate surface area is 288 Å². The van der Waals surface area contributed by atoms with Gasteiger partial charge in [0.15, 0.2) is 0 Å². The van der Waals surface area contributed by atoms with Gasteiger partial charge in [-0.15, -0.1) is 0 Å². The van der Waals surface area contributed by atoms with Crippen molar-refractivity contribution in [3.8, 4) is 33.8 Å². The van der Waals surface area contributed by atoms with Gasteiger partial charge in [0.25, 0.3) is 0 Å². The first-order valence-electron chi connectivity index (χ1n) is 17.2. The van der Waals surface area contributed by atoms with Crippen LogP contribution in [0.5, 0.6) is 0 Å². The van der Waals surface area contributed by atoms with E-state index in [4.69, 9.17) is 4.98 Å². The molecule has 0 amide bonds. The molecule has 0 fully saturated rings. The molecule has 10 aromatic rings. The Morgan fingerprint density at radius 2 is 1.22 bits per heavy atom. The standard InChI is InChI=1S/C45H31N5/c1-45(2)34-18-9-6-15-31(34)38-41(45)39-32-16-7-10-19-36(32)50(30-23-21-28(22-24-30)35-27-48-26-12-25-46-44(48)47-35)43(39)40-33-17-8-11-20-37(33)49(42(38)40)29-13-4-3-5-14-29/h3-27H,1-2H3. The molecule has 1 aliphatic carbocycles. The predicted molar refractivity (Wildman–Crippen MR) is 205 cm³/mol. The molecular formula is C45H31N5. The zero-order valence-corrected chi connectivity index (χ0v) is 27.7. The molecule has 4 aromatic heterocycles. The number of rotatable bonds is 3. The number of fused-ring (bicyclic) bond motifs is 13. The fourth-order valence-electron chi connectivity index (χ4n) is 8.82. The molecule has 0 bridgehead atoms. The molecule has 0 saturated carbocycles. The van der Waals surface area contributed by atoms with E-state index in [2.05, 4.69) is 155 Å². The Bertz CT molecular complexity index is 2960. The minimum atomic E-state index is -0.216. The van der Waals surface area contributed by atoms with Crippen LogP contribution in [0, 0.1) is 0 Å². The SMILES string of the molecule is CC1(C)c2ccccc2-c2c1c1c3ccccc3n(-c3ccc(-c4cn5cccnc5n4)cc3)c1c1c3ccccc3n(-c3ccccc3)c21. The highest BCUT2D eigenvalue weighted by molar-refractivity contribution is 6.31. The summed E-state index contributed by atoms with van der Waals surface area (Å²) >= 11 is 0. The van der Waals surface area contributed by atoms with Crippen LogP contribution in [0.25, 0.3) is 83.1 Å². The van der Waals surface area contributed by atoms with Gasteiger partial charge in [-0.25, -0.2) is 9.97 Å². The van der Waals surface area contributed by atoms with E-state index in [0.717, 1.165) is 22.6 Å². The van der Waals surface area contributed by atoms with Gasteiger partial charge in [0.05, 0.1) is 27.8 Å². The summed E-state index contributed by atoms with van der Waals surface area (Å²) < 4.78 is 6.97. The summed E-state index contributed by atoms with van der Waals surface area (Å²) in [5, 5.41) is 5.13. The molecule has 236 valence electrons. The van der Waals surface area contributed by atoms with Crippen molar-refractivity contribution in [2.24, 2.45) is 0 Å². The number of imidazole rings is 1. The van der Waals surface area contributed by atoms with E-state index in [1.165, 1.54) is 65.9 Å². The van der Waals surface area contributed by atoms with Crippen molar-refractivity contribution in [2.75, 3.05) is 0 Å². The van der Waals surface area contributed by atoms with Gasteiger partial charge in [0, 0.05) is 68.1 Å². The van der Waals surface area contributed by atoms with Gasteiger partial charge in [0.1, 0.15) is 0 Å². The fourth-order valence-corrected chi connectivity index (χ4v) is 8.82. The minimum Gasteiger partial charge on any atom is -0.309 e. The molecule has 5 heteroatoms. The molecule has 50 heavy (non-hydrogen) atoms. The molecule has 0 spiro atoms. The van der Waals surface area contributed by atoms with Crippen LogP contribution in [-0.2, 0) is 5.41 Å². The third-order valence-corrected chi connectivity index (χ3v) is 10.9. The summed E-state index contributed by atoms with van der Waals surface area (Å²) in [5.74, 6) is 0.698. The Morgan fingerprint density at radius 3 is 1.98 bits per heavy atom. The average Bonchev–Trinajstić information content (AvgIpc) is 3.90. The second-order valence-corrected chi connectivity index (χ2v) is 13.9. The number of hydrogen-bond donors (Lipinski definition) is 0. The highest BCUT2D eigenvalue weighted by Crippen LogP contribution is 2.58. The molecule has 1 aliphatic rings. The maximum absolute atomic E-state index is 4.80. The minimum absolute atomic E-state index is 0.216. The number of para-hydroxylation sites is 3. The van der Waals surface area contributed by atoms with Crippen molar-refractivity contribution in [1.82, 2.24) is 23.5 Å². The molecule has 0 radical (unpaired) electrons. The first-order valence-corrected chi connectivity index (χ1v) is 17.2. The van der Waals surface area contributed by atoms with Crippen LogP contribution in [0.2, 0.25) is 0 Å². The van der Waals surface area contributed by atoms with E-state index in [-0.39, 0.29) is 5.41 Å². The molecule has 6 aromatic carbocycles. The van der Waals surface area contributed by atoms with Gasteiger partial charge in [-0.1, -0.05) is 105 Å².